The van der Waals surface area contributed by atoms with Crippen LogP contribution in [0.25, 0.3) is 0 Å². The zero-order chi connectivity index (χ0) is 11.7. The van der Waals surface area contributed by atoms with Crippen LogP contribution in [0.3, 0.4) is 0 Å². The molecular formula is C12H16ClF2NO. The Hall–Kier alpha value is -0.870. The zero-order valence-corrected chi connectivity index (χ0v) is 10.4. The van der Waals surface area contributed by atoms with Crippen molar-refractivity contribution in [1.29, 1.82) is 0 Å². The van der Waals surface area contributed by atoms with E-state index >= 15 is 0 Å². The topological polar surface area (TPSA) is 35.2 Å². The molecule has 0 aromatic heterocycles. The number of rotatable bonds is 3. The van der Waals surface area contributed by atoms with Gasteiger partial charge in [0.05, 0.1) is 7.11 Å². The van der Waals surface area contributed by atoms with Crippen LogP contribution in [-0.4, -0.2) is 7.11 Å². The first-order chi connectivity index (χ1) is 7.65. The van der Waals surface area contributed by atoms with E-state index in [9.17, 15) is 8.78 Å². The van der Waals surface area contributed by atoms with Crippen LogP contribution in [0, 0.1) is 17.6 Å². The van der Waals surface area contributed by atoms with Crippen molar-refractivity contribution in [2.75, 3.05) is 7.11 Å². The summed E-state index contributed by atoms with van der Waals surface area (Å²) in [6, 6.07) is 1.92. The molecule has 2 N–H and O–H groups in total. The molecular weight excluding hydrogens is 248 g/mol. The summed E-state index contributed by atoms with van der Waals surface area (Å²) in [4.78, 5) is 0. The maximum absolute atomic E-state index is 13.9. The predicted octanol–water partition coefficient (Wildman–Crippen LogP) is 3.20. The molecule has 1 aromatic carbocycles. The average molecular weight is 264 g/mol. The molecule has 1 fully saturated rings. The first kappa shape index (κ1) is 14.2. The van der Waals surface area contributed by atoms with Crippen molar-refractivity contribution in [2.45, 2.75) is 25.3 Å². The molecule has 96 valence electrons. The number of ether oxygens (including phenoxy) is 1. The van der Waals surface area contributed by atoms with Gasteiger partial charge in [0.2, 0.25) is 0 Å². The minimum absolute atomic E-state index is 0. The molecule has 0 aliphatic heterocycles. The number of nitrogens with two attached hydrogens (primary N) is 1. The van der Waals surface area contributed by atoms with Crippen LogP contribution < -0.4 is 10.5 Å². The molecule has 1 saturated carbocycles. The lowest BCUT2D eigenvalue weighted by molar-refractivity contribution is 0.254. The quantitative estimate of drug-likeness (QED) is 0.909. The van der Waals surface area contributed by atoms with Crippen molar-refractivity contribution in [3.8, 4) is 5.75 Å². The third-order valence-corrected chi connectivity index (χ3v) is 3.30. The number of halogens is 3. The average Bonchev–Trinajstić information content (AvgIpc) is 2.15. The zero-order valence-electron chi connectivity index (χ0n) is 9.58. The van der Waals surface area contributed by atoms with Crippen LogP contribution in [0.15, 0.2) is 12.1 Å². The smallest absolute Gasteiger partial charge is 0.172 e. The molecule has 17 heavy (non-hydrogen) atoms. The largest absolute Gasteiger partial charge is 0.494 e. The first-order valence-corrected chi connectivity index (χ1v) is 5.42. The van der Waals surface area contributed by atoms with E-state index in [1.54, 1.807) is 0 Å². The second-order valence-corrected chi connectivity index (χ2v) is 4.19. The maximum Gasteiger partial charge on any atom is 0.172 e. The highest BCUT2D eigenvalue weighted by Gasteiger charge is 2.30. The van der Waals surface area contributed by atoms with Gasteiger partial charge < -0.3 is 10.5 Å². The summed E-state index contributed by atoms with van der Waals surface area (Å²) in [6.45, 7) is 0. The van der Waals surface area contributed by atoms with E-state index in [4.69, 9.17) is 10.5 Å². The molecule has 1 aliphatic carbocycles. The number of methoxy groups -OCH3 is 1. The standard InChI is InChI=1S/C12H15F2NO.ClH/c1-16-9-6-5-8(13)10(11(9)14)12(15)7-3-2-4-7;/h5-7,12H,2-4,15H2,1H3;1H/t12-;/m1./s1. The fourth-order valence-corrected chi connectivity index (χ4v) is 2.05. The summed E-state index contributed by atoms with van der Waals surface area (Å²) in [6.07, 6.45) is 2.97. The Bertz CT molecular complexity index is 396. The van der Waals surface area contributed by atoms with Crippen LogP contribution in [0.5, 0.6) is 5.75 Å². The summed E-state index contributed by atoms with van der Waals surface area (Å²) in [7, 11) is 1.36. The van der Waals surface area contributed by atoms with Crippen molar-refractivity contribution in [2.24, 2.45) is 11.7 Å². The van der Waals surface area contributed by atoms with Crippen LogP contribution in [-0.2, 0) is 0 Å². The van der Waals surface area contributed by atoms with E-state index in [-0.39, 0.29) is 29.6 Å². The van der Waals surface area contributed by atoms with Gasteiger partial charge in [0, 0.05) is 11.6 Å². The monoisotopic (exact) mass is 263 g/mol. The summed E-state index contributed by atoms with van der Waals surface area (Å²) in [5.41, 5.74) is 5.85. The van der Waals surface area contributed by atoms with Gasteiger partial charge in [0.1, 0.15) is 5.82 Å². The van der Waals surface area contributed by atoms with E-state index in [0.29, 0.717) is 0 Å². The molecule has 0 saturated heterocycles. The van der Waals surface area contributed by atoms with Crippen molar-refractivity contribution in [3.63, 3.8) is 0 Å². The van der Waals surface area contributed by atoms with Gasteiger partial charge in [-0.3, -0.25) is 0 Å². The van der Waals surface area contributed by atoms with Crippen molar-refractivity contribution in [3.05, 3.63) is 29.3 Å². The number of hydrogen-bond donors (Lipinski definition) is 1. The molecule has 2 rings (SSSR count). The van der Waals surface area contributed by atoms with E-state index < -0.39 is 17.7 Å². The second-order valence-electron chi connectivity index (χ2n) is 4.19. The molecule has 0 heterocycles. The van der Waals surface area contributed by atoms with Gasteiger partial charge >= 0.3 is 0 Å². The normalized spacial score (nSPS) is 16.9. The molecule has 1 aliphatic rings. The van der Waals surface area contributed by atoms with E-state index in [2.05, 4.69) is 0 Å². The van der Waals surface area contributed by atoms with Crippen LogP contribution in [0.2, 0.25) is 0 Å². The van der Waals surface area contributed by atoms with Crippen molar-refractivity contribution < 1.29 is 13.5 Å². The number of benzene rings is 1. The van der Waals surface area contributed by atoms with Crippen LogP contribution >= 0.6 is 12.4 Å². The third-order valence-electron chi connectivity index (χ3n) is 3.30. The lowest BCUT2D eigenvalue weighted by Gasteiger charge is -2.31. The molecule has 2 nitrogen and oxygen atoms in total. The Kier molecular flexibility index (Phi) is 4.71. The fraction of sp³-hybridized carbons (Fsp3) is 0.500. The summed E-state index contributed by atoms with van der Waals surface area (Å²) in [5, 5.41) is 0. The predicted molar refractivity (Wildman–Crippen MR) is 64.4 cm³/mol. The molecule has 5 heteroatoms. The molecule has 1 atom stereocenters. The van der Waals surface area contributed by atoms with Gasteiger partial charge in [0.15, 0.2) is 11.6 Å². The SMILES string of the molecule is COc1ccc(F)c([C@H](N)C2CCC2)c1F.Cl. The summed E-state index contributed by atoms with van der Waals surface area (Å²) in [5.74, 6) is -1.01. The molecule has 0 spiro atoms. The second kappa shape index (κ2) is 5.65. The van der Waals surface area contributed by atoms with Gasteiger partial charge in [-0.15, -0.1) is 12.4 Å². The van der Waals surface area contributed by atoms with E-state index in [1.807, 2.05) is 0 Å². The maximum atomic E-state index is 13.9. The Morgan fingerprint density at radius 2 is 2.00 bits per heavy atom. The third kappa shape index (κ3) is 2.53. The Morgan fingerprint density at radius 1 is 1.35 bits per heavy atom. The molecule has 0 radical (unpaired) electrons. The highest BCUT2D eigenvalue weighted by atomic mass is 35.5. The first-order valence-electron chi connectivity index (χ1n) is 5.42. The highest BCUT2D eigenvalue weighted by molar-refractivity contribution is 5.85. The molecule has 0 unspecified atom stereocenters. The lowest BCUT2D eigenvalue weighted by atomic mass is 9.77. The molecule has 0 bridgehead atoms. The van der Waals surface area contributed by atoms with Gasteiger partial charge in [0.25, 0.3) is 0 Å². The van der Waals surface area contributed by atoms with Crippen molar-refractivity contribution in [1.82, 2.24) is 0 Å². The summed E-state index contributed by atoms with van der Waals surface area (Å²) < 4.78 is 32.2. The molecule has 1 aromatic rings. The summed E-state index contributed by atoms with van der Waals surface area (Å²) >= 11 is 0. The number of hydrogen-bond acceptors (Lipinski definition) is 2. The van der Waals surface area contributed by atoms with Gasteiger partial charge in [-0.25, -0.2) is 8.78 Å². The minimum Gasteiger partial charge on any atom is -0.494 e. The van der Waals surface area contributed by atoms with Crippen molar-refractivity contribution >= 4 is 12.4 Å². The van der Waals surface area contributed by atoms with E-state index in [0.717, 1.165) is 19.3 Å². The Morgan fingerprint density at radius 3 is 2.47 bits per heavy atom. The van der Waals surface area contributed by atoms with E-state index in [1.165, 1.54) is 19.2 Å². The lowest BCUT2D eigenvalue weighted by Crippen LogP contribution is -2.28. The van der Waals surface area contributed by atoms with Gasteiger partial charge in [-0.2, -0.15) is 0 Å². The highest BCUT2D eigenvalue weighted by Crippen LogP contribution is 2.39. The Labute approximate surface area is 106 Å². The van der Waals surface area contributed by atoms with Gasteiger partial charge in [-0.05, 0) is 30.9 Å². The van der Waals surface area contributed by atoms with Crippen LogP contribution in [0.1, 0.15) is 30.9 Å². The van der Waals surface area contributed by atoms with Crippen LogP contribution in [0.4, 0.5) is 8.78 Å². The van der Waals surface area contributed by atoms with Gasteiger partial charge in [-0.1, -0.05) is 6.42 Å². The Balaban J connectivity index is 0.00000144. The fourth-order valence-electron chi connectivity index (χ4n) is 2.05. The minimum atomic E-state index is -0.665. The molecule has 0 amide bonds.